The Morgan fingerprint density at radius 1 is 0.517 bits per heavy atom. The molecule has 2 aromatic heterocycles. The Morgan fingerprint density at radius 2 is 0.914 bits per heavy atom. The van der Waals surface area contributed by atoms with Crippen molar-refractivity contribution in [2.24, 2.45) is 0 Å². The molecular weight excluding hydrogens is 847 g/mol. The minimum absolute atomic E-state index is 0. The summed E-state index contributed by atoms with van der Waals surface area (Å²) in [4.78, 5) is 0. The molecule has 0 aliphatic heterocycles. The minimum Gasteiger partial charge on any atom is -1.00 e. The Kier molecular flexibility index (Phi) is 11.0. The number of aryl methyl sites for hydroxylation is 2. The Labute approximate surface area is 361 Å². The molecule has 0 bridgehead atoms. The van der Waals surface area contributed by atoms with Gasteiger partial charge < -0.3 is 24.8 Å². The molecule has 0 amide bonds. The maximum atomic E-state index is 5.10. The Bertz CT molecular complexity index is 2720. The molecule has 2 aliphatic rings. The molecule has 8 aromatic rings. The van der Waals surface area contributed by atoms with Crippen LogP contribution in [0, 0.1) is 13.8 Å². The first-order chi connectivity index (χ1) is 27.2. The van der Waals surface area contributed by atoms with Crippen molar-refractivity contribution < 1.29 is 45.2 Å². The van der Waals surface area contributed by atoms with Crippen LogP contribution in [-0.2, 0) is 20.4 Å². The smallest absolute Gasteiger partial charge is 1.00 e. The third kappa shape index (κ3) is 6.92. The maximum Gasteiger partial charge on any atom is -1.00 e. The number of nitrogens with zero attached hydrogens (tertiary/aromatic N) is 4. The summed E-state index contributed by atoms with van der Waals surface area (Å²) in [6, 6.07) is 44.8. The molecular formula is C50H44Cl2N4SiZr. The minimum atomic E-state index is -2.48. The Balaban J connectivity index is 0.00000235. The van der Waals surface area contributed by atoms with Gasteiger partial charge in [-0.15, -0.1) is 0 Å². The summed E-state index contributed by atoms with van der Waals surface area (Å²) >= 11 is -2.48. The van der Waals surface area contributed by atoms with Crippen LogP contribution < -0.4 is 24.8 Å². The molecule has 0 N–H and O–H groups in total. The average Bonchev–Trinajstić information content (AvgIpc) is 3.98. The summed E-state index contributed by atoms with van der Waals surface area (Å²) in [6.07, 6.45) is 9.48. The predicted octanol–water partition coefficient (Wildman–Crippen LogP) is 6.81. The molecule has 2 heterocycles. The normalized spacial score (nSPS) is 15.2. The molecule has 2 aliphatic carbocycles. The molecule has 286 valence electrons. The van der Waals surface area contributed by atoms with E-state index in [1.54, 1.807) is 0 Å². The van der Waals surface area contributed by atoms with Crippen molar-refractivity contribution in [1.82, 2.24) is 19.6 Å². The molecule has 8 heteroatoms. The van der Waals surface area contributed by atoms with Crippen LogP contribution in [-0.4, -0.2) is 25.0 Å². The van der Waals surface area contributed by atoms with Crippen molar-refractivity contribution in [2.45, 2.75) is 48.0 Å². The van der Waals surface area contributed by atoms with Crippen molar-refractivity contribution in [3.63, 3.8) is 0 Å². The number of hydrogen-bond donors (Lipinski definition) is 0. The molecule has 58 heavy (non-hydrogen) atoms. The van der Waals surface area contributed by atoms with Crippen molar-refractivity contribution in [3.8, 4) is 33.6 Å². The first kappa shape index (κ1) is 40.2. The van der Waals surface area contributed by atoms with E-state index in [1.165, 1.54) is 66.8 Å². The monoisotopic (exact) mass is 888 g/mol. The molecule has 6 aromatic carbocycles. The predicted molar refractivity (Wildman–Crippen MR) is 233 cm³/mol. The topological polar surface area (TPSA) is 35.6 Å². The second-order valence-electron chi connectivity index (χ2n) is 16.1. The second-order valence-corrected chi connectivity index (χ2v) is 34.0. The SMILES string of the molecule is CC1=Cc2c(-c3ccc(C)cc3)cc(-n3cc4ccccc4n3)cc2[C@@H]1[Zr+2]([C@H]1C(C)=Cc2c(-c3ccc(C)cc3)cc(-n3cc4ccccc4n3)cc21)=[Si](C)C.[Cl-].[Cl-]. The van der Waals surface area contributed by atoms with E-state index in [0.29, 0.717) is 7.25 Å². The van der Waals surface area contributed by atoms with E-state index in [1.807, 2.05) is 0 Å². The number of halogens is 2. The zero-order valence-electron chi connectivity index (χ0n) is 33.6. The van der Waals surface area contributed by atoms with E-state index in [2.05, 4.69) is 196 Å². The fourth-order valence-electron chi connectivity index (χ4n) is 9.20. The fourth-order valence-corrected chi connectivity index (χ4v) is 29.9. The summed E-state index contributed by atoms with van der Waals surface area (Å²) in [5.41, 5.74) is 20.2. The largest absolute Gasteiger partial charge is 1.00 e. The van der Waals surface area contributed by atoms with Gasteiger partial charge in [-0.25, -0.2) is 0 Å². The van der Waals surface area contributed by atoms with E-state index >= 15 is 0 Å². The van der Waals surface area contributed by atoms with Crippen LogP contribution in [0.3, 0.4) is 0 Å². The van der Waals surface area contributed by atoms with Gasteiger partial charge in [0.25, 0.3) is 0 Å². The summed E-state index contributed by atoms with van der Waals surface area (Å²) in [6.45, 7) is 14.4. The molecule has 0 unspecified atom stereocenters. The quantitative estimate of drug-likeness (QED) is 0.172. The molecule has 4 nitrogen and oxygen atoms in total. The molecule has 0 saturated carbocycles. The summed E-state index contributed by atoms with van der Waals surface area (Å²) in [5.74, 6) is 0. The van der Waals surface area contributed by atoms with Crippen LogP contribution in [0.4, 0.5) is 0 Å². The fraction of sp³-hybridized carbons (Fsp3) is 0.160. The molecule has 0 spiro atoms. The summed E-state index contributed by atoms with van der Waals surface area (Å²) in [7, 11) is 0. The third-order valence-corrected chi connectivity index (χ3v) is 31.9. The van der Waals surface area contributed by atoms with Gasteiger partial charge >= 0.3 is 339 Å². The average molecular weight is 891 g/mol. The maximum absolute atomic E-state index is 5.10. The van der Waals surface area contributed by atoms with Gasteiger partial charge in [0.05, 0.1) is 0 Å². The number of hydrogen-bond acceptors (Lipinski definition) is 2. The molecule has 0 radical (unpaired) electrons. The van der Waals surface area contributed by atoms with E-state index in [4.69, 9.17) is 10.2 Å². The second kappa shape index (κ2) is 15.9. The van der Waals surface area contributed by atoms with Crippen LogP contribution in [0.2, 0.25) is 13.1 Å². The van der Waals surface area contributed by atoms with Crippen LogP contribution in [0.1, 0.15) is 54.5 Å². The van der Waals surface area contributed by atoms with Crippen LogP contribution in [0.5, 0.6) is 0 Å². The molecule has 0 saturated heterocycles. The Hall–Kier alpha value is -4.58. The molecule has 0 fully saturated rings. The third-order valence-electron chi connectivity index (χ3n) is 12.0. The van der Waals surface area contributed by atoms with Gasteiger partial charge in [0.15, 0.2) is 0 Å². The zero-order chi connectivity index (χ0) is 38.2. The van der Waals surface area contributed by atoms with Gasteiger partial charge in [-0.1, -0.05) is 0 Å². The molecule has 10 rings (SSSR count). The van der Waals surface area contributed by atoms with Crippen LogP contribution in [0.15, 0.2) is 145 Å². The first-order valence-corrected chi connectivity index (χ1v) is 28.7. The number of fused-ring (bicyclic) bond motifs is 4. The van der Waals surface area contributed by atoms with Gasteiger partial charge in [0, 0.05) is 0 Å². The van der Waals surface area contributed by atoms with Gasteiger partial charge in [0.2, 0.25) is 0 Å². The first-order valence-electron chi connectivity index (χ1n) is 19.6. The number of rotatable bonds is 6. The van der Waals surface area contributed by atoms with Gasteiger partial charge in [-0.3, -0.25) is 0 Å². The van der Waals surface area contributed by atoms with Crippen LogP contribution in [0.25, 0.3) is 67.6 Å². The number of allylic oxidation sites excluding steroid dienone is 2. The van der Waals surface area contributed by atoms with Crippen molar-refractivity contribution in [3.05, 3.63) is 178 Å². The van der Waals surface area contributed by atoms with E-state index < -0.39 is 25.8 Å². The van der Waals surface area contributed by atoms with Gasteiger partial charge in [-0.05, 0) is 0 Å². The van der Waals surface area contributed by atoms with Gasteiger partial charge in [0.1, 0.15) is 0 Å². The van der Waals surface area contributed by atoms with Crippen molar-refractivity contribution in [1.29, 1.82) is 0 Å². The van der Waals surface area contributed by atoms with Crippen molar-refractivity contribution in [2.75, 3.05) is 0 Å². The summed E-state index contributed by atoms with van der Waals surface area (Å²) < 4.78 is 5.15. The van der Waals surface area contributed by atoms with E-state index in [9.17, 15) is 0 Å². The van der Waals surface area contributed by atoms with E-state index in [0.717, 1.165) is 33.2 Å². The summed E-state index contributed by atoms with van der Waals surface area (Å²) in [5, 5.41) is 12.5. The Morgan fingerprint density at radius 3 is 1.29 bits per heavy atom. The van der Waals surface area contributed by atoms with Crippen LogP contribution >= 0.6 is 0 Å². The number of aromatic nitrogens is 4. The van der Waals surface area contributed by atoms with Gasteiger partial charge in [-0.2, -0.15) is 0 Å². The number of benzene rings is 6. The van der Waals surface area contributed by atoms with Crippen molar-refractivity contribution >= 4 is 39.4 Å². The standard InChI is InChI=1S/2C24H19N2.C2H6Si.2ClH.Zr/c2*1-16-7-9-18(10-8-16)23-14-21(13-20-11-17(2)12-22(20)23)26-15-19-5-3-4-6-24(19)25-26;1-3-2;;;/h2*3-15H,1-2H3;1-2H3;2*1H;/q;;;;;+2/p-2. The van der Waals surface area contributed by atoms with E-state index in [-0.39, 0.29) is 24.8 Å². The molecule has 2 atom stereocenters. The zero-order valence-corrected chi connectivity index (χ0v) is 38.5.